The SMILES string of the molecule is CCO[NH2+][O-]. The standard InChI is InChI=1S/C2H7NO2/c1-2-5-3-4/h2-3H2,1H3. The van der Waals surface area contributed by atoms with E-state index in [9.17, 15) is 5.21 Å². The molecule has 2 N–H and O–H groups in total. The third-order valence-electron chi connectivity index (χ3n) is 0.235. The fourth-order valence-corrected chi connectivity index (χ4v) is 0.0680. The molecule has 0 bridgehead atoms. The molecule has 0 rings (SSSR count). The minimum Gasteiger partial charge on any atom is -0.601 e. The van der Waals surface area contributed by atoms with Crippen LogP contribution in [0.2, 0.25) is 0 Å². The van der Waals surface area contributed by atoms with Gasteiger partial charge in [0.25, 0.3) is 0 Å². The molecule has 32 valence electrons. The summed E-state index contributed by atoms with van der Waals surface area (Å²) in [4.78, 5) is 4.15. The number of nitrogens with two attached hydrogens (primary N) is 1. The van der Waals surface area contributed by atoms with Crippen LogP contribution in [0.4, 0.5) is 0 Å². The molecule has 0 amide bonds. The highest BCUT2D eigenvalue weighted by Gasteiger charge is 1.62. The zero-order valence-electron chi connectivity index (χ0n) is 3.10. The van der Waals surface area contributed by atoms with Gasteiger partial charge in [0.2, 0.25) is 0 Å². The predicted molar refractivity (Wildman–Crippen MR) is 16.9 cm³/mol. The van der Waals surface area contributed by atoms with Crippen molar-refractivity contribution in [3.8, 4) is 0 Å². The fraction of sp³-hybridized carbons (Fsp3) is 1.00. The Balaban J connectivity index is 2.19. The summed E-state index contributed by atoms with van der Waals surface area (Å²) in [7, 11) is 0. The monoisotopic (exact) mass is 77.0 g/mol. The van der Waals surface area contributed by atoms with E-state index < -0.39 is 0 Å². The first kappa shape index (κ1) is 4.88. The molecule has 0 spiro atoms. The molecule has 0 heterocycles. The Kier molecular flexibility index (Phi) is 3.79. The van der Waals surface area contributed by atoms with E-state index in [1.54, 1.807) is 6.92 Å². The van der Waals surface area contributed by atoms with Crippen molar-refractivity contribution >= 4 is 0 Å². The van der Waals surface area contributed by atoms with Crippen LogP contribution in [-0.2, 0) is 4.84 Å². The predicted octanol–water partition coefficient (Wildman–Crippen LogP) is -1.00. The summed E-state index contributed by atoms with van der Waals surface area (Å²) < 4.78 is 0. The lowest BCUT2D eigenvalue weighted by molar-refractivity contribution is -0.849. The maximum atomic E-state index is 9.18. The second-order valence-electron chi connectivity index (χ2n) is 0.552. The Morgan fingerprint density at radius 3 is 2.60 bits per heavy atom. The van der Waals surface area contributed by atoms with Crippen LogP contribution in [0, 0.1) is 5.21 Å². The number of rotatable bonds is 2. The second-order valence-corrected chi connectivity index (χ2v) is 0.552. The average molecular weight is 77.1 g/mol. The van der Waals surface area contributed by atoms with Crippen molar-refractivity contribution in [2.75, 3.05) is 6.61 Å². The van der Waals surface area contributed by atoms with Gasteiger partial charge in [-0.2, -0.15) is 0 Å². The average Bonchev–Trinajstić information content (AvgIpc) is 1.41. The molecule has 0 atom stereocenters. The lowest BCUT2D eigenvalue weighted by Gasteiger charge is -1.93. The molecule has 0 saturated carbocycles. The second kappa shape index (κ2) is 3.88. The molecule has 3 nitrogen and oxygen atoms in total. The first-order valence-electron chi connectivity index (χ1n) is 1.47. The summed E-state index contributed by atoms with van der Waals surface area (Å²) in [5, 5.41) is 9.18. The highest BCUT2D eigenvalue weighted by atomic mass is 16.8. The van der Waals surface area contributed by atoms with Crippen LogP contribution in [0.5, 0.6) is 0 Å². The quantitative estimate of drug-likeness (QED) is 0.430. The molecule has 0 aromatic rings. The van der Waals surface area contributed by atoms with Gasteiger partial charge in [0, 0.05) is 0 Å². The zero-order chi connectivity index (χ0) is 4.12. The zero-order valence-corrected chi connectivity index (χ0v) is 3.10. The van der Waals surface area contributed by atoms with Gasteiger partial charge in [-0.05, 0) is 6.92 Å². The molecule has 0 unspecified atom stereocenters. The van der Waals surface area contributed by atoms with Gasteiger partial charge >= 0.3 is 0 Å². The van der Waals surface area contributed by atoms with Gasteiger partial charge in [-0.1, -0.05) is 0 Å². The summed E-state index contributed by atoms with van der Waals surface area (Å²) >= 11 is 0. The molecule has 0 aliphatic heterocycles. The molecular formula is C2H7NO2. The molecule has 0 saturated heterocycles. The van der Waals surface area contributed by atoms with Crippen LogP contribution < -0.4 is 5.64 Å². The molecule has 0 radical (unpaired) electrons. The van der Waals surface area contributed by atoms with E-state index in [1.165, 1.54) is 0 Å². The van der Waals surface area contributed by atoms with Crippen molar-refractivity contribution in [1.29, 1.82) is 0 Å². The molecule has 0 aromatic carbocycles. The third-order valence-corrected chi connectivity index (χ3v) is 0.235. The summed E-state index contributed by atoms with van der Waals surface area (Å²) in [6.07, 6.45) is 0. The number of quaternary nitrogens is 1. The molecular weight excluding hydrogens is 70.0 g/mol. The van der Waals surface area contributed by atoms with Crippen molar-refractivity contribution in [3.05, 3.63) is 5.21 Å². The van der Waals surface area contributed by atoms with Crippen LogP contribution in [-0.4, -0.2) is 6.61 Å². The van der Waals surface area contributed by atoms with Crippen molar-refractivity contribution < 1.29 is 10.5 Å². The highest BCUT2D eigenvalue weighted by Crippen LogP contribution is 1.45. The van der Waals surface area contributed by atoms with E-state index >= 15 is 0 Å². The van der Waals surface area contributed by atoms with E-state index in [1.807, 2.05) is 0 Å². The van der Waals surface area contributed by atoms with Gasteiger partial charge < -0.3 is 5.21 Å². The Hall–Kier alpha value is -0.120. The van der Waals surface area contributed by atoms with E-state index in [4.69, 9.17) is 0 Å². The summed E-state index contributed by atoms with van der Waals surface area (Å²) in [5.74, 6) is 0. The number of hydrogen-bond acceptors (Lipinski definition) is 2. The van der Waals surface area contributed by atoms with Crippen molar-refractivity contribution in [3.63, 3.8) is 0 Å². The van der Waals surface area contributed by atoms with E-state index in [0.717, 1.165) is 0 Å². The van der Waals surface area contributed by atoms with E-state index in [0.29, 0.717) is 12.3 Å². The summed E-state index contributed by atoms with van der Waals surface area (Å²) in [6, 6.07) is 0. The van der Waals surface area contributed by atoms with Crippen LogP contribution in [0.15, 0.2) is 0 Å². The molecule has 3 heteroatoms. The van der Waals surface area contributed by atoms with Crippen LogP contribution >= 0.6 is 0 Å². The van der Waals surface area contributed by atoms with Crippen molar-refractivity contribution in [2.45, 2.75) is 6.92 Å². The van der Waals surface area contributed by atoms with Gasteiger partial charge in [0.15, 0.2) is 0 Å². The Labute approximate surface area is 30.5 Å². The first-order chi connectivity index (χ1) is 2.41. The van der Waals surface area contributed by atoms with Gasteiger partial charge in [0.05, 0.1) is 0 Å². The molecule has 0 fully saturated rings. The largest absolute Gasteiger partial charge is 0.601 e. The van der Waals surface area contributed by atoms with E-state index in [2.05, 4.69) is 4.84 Å². The Bertz CT molecular complexity index is 15.1. The molecule has 0 aliphatic carbocycles. The van der Waals surface area contributed by atoms with Crippen LogP contribution in [0.25, 0.3) is 0 Å². The van der Waals surface area contributed by atoms with Crippen molar-refractivity contribution in [1.82, 2.24) is 0 Å². The molecule has 0 aromatic heterocycles. The minimum absolute atomic E-state index is 0.431. The van der Waals surface area contributed by atoms with Crippen LogP contribution in [0.3, 0.4) is 0 Å². The van der Waals surface area contributed by atoms with Gasteiger partial charge in [-0.3, -0.25) is 0 Å². The van der Waals surface area contributed by atoms with Gasteiger partial charge in [-0.25, -0.2) is 10.5 Å². The highest BCUT2D eigenvalue weighted by molar-refractivity contribution is 3.90. The first-order valence-corrected chi connectivity index (χ1v) is 1.47. The summed E-state index contributed by atoms with van der Waals surface area (Å²) in [5.41, 5.74) is 0.431. The van der Waals surface area contributed by atoms with Crippen molar-refractivity contribution in [2.24, 2.45) is 0 Å². The topological polar surface area (TPSA) is 48.9 Å². The van der Waals surface area contributed by atoms with Gasteiger partial charge in [0.1, 0.15) is 6.61 Å². The smallest absolute Gasteiger partial charge is 0.104 e. The molecule has 0 aliphatic rings. The molecule has 5 heavy (non-hydrogen) atoms. The maximum absolute atomic E-state index is 9.18. The number of hydrogen-bond donors (Lipinski definition) is 1. The van der Waals surface area contributed by atoms with E-state index in [-0.39, 0.29) is 0 Å². The lowest BCUT2D eigenvalue weighted by Crippen LogP contribution is -2.76. The Morgan fingerprint density at radius 2 is 2.60 bits per heavy atom. The van der Waals surface area contributed by atoms with Crippen LogP contribution in [0.1, 0.15) is 6.92 Å². The minimum atomic E-state index is 0.431. The van der Waals surface area contributed by atoms with Gasteiger partial charge in [-0.15, -0.1) is 0 Å². The third kappa shape index (κ3) is 3.88. The maximum Gasteiger partial charge on any atom is 0.104 e. The lowest BCUT2D eigenvalue weighted by atomic mass is 10.9. The normalized spacial score (nSPS) is 8.40. The summed E-state index contributed by atoms with van der Waals surface area (Å²) in [6.45, 7) is 2.23. The Morgan fingerprint density at radius 1 is 2.00 bits per heavy atom. The fourth-order valence-electron chi connectivity index (χ4n) is 0.0680.